The molecule has 0 saturated carbocycles. The van der Waals surface area contributed by atoms with Crippen molar-refractivity contribution in [1.29, 1.82) is 0 Å². The number of nitrogens with zero attached hydrogens (tertiary/aromatic N) is 8. The van der Waals surface area contributed by atoms with Gasteiger partial charge in [-0.3, -0.25) is 19.1 Å². The molecule has 3 aliphatic rings. The molecule has 1 aromatic carbocycles. The number of likely N-dealkylation sites (tertiary alicyclic amines) is 1. The standard InChI is InChI=1S/C39H39FN10O6/c1-39(2,3)56-38(54)47-12-10-26(11-13-47)50-19-24(18-43-50)23-16-27(35(41)42-17-23)29-8-9-30(46-45-29)44-36(52)28-20-48-21-31-49(14-15-55-31)37(53)33(48)32(34(28)51)22-4-6-25(40)7-5-22/h4-9,16-20,26,31H,10-15,21H2,1-3H3,(H2,41,42)(H,44,46,52). The number of nitrogen functional groups attached to an aromatic ring is 1. The van der Waals surface area contributed by atoms with Crippen molar-refractivity contribution >= 4 is 29.5 Å². The second-order valence-electron chi connectivity index (χ2n) is 14.9. The minimum absolute atomic E-state index is 0.00795. The third-order valence-electron chi connectivity index (χ3n) is 9.99. The fraction of sp³-hybridized carbons (Fsp3) is 0.333. The molecular weight excluding hydrogens is 723 g/mol. The van der Waals surface area contributed by atoms with Gasteiger partial charge in [-0.05, 0) is 69.5 Å². The molecule has 5 aromatic rings. The molecule has 4 aromatic heterocycles. The summed E-state index contributed by atoms with van der Waals surface area (Å²) in [5.41, 5.74) is 7.64. The number of carbonyl (C=O) groups excluding carboxylic acids is 3. The van der Waals surface area contributed by atoms with E-state index in [0.29, 0.717) is 43.1 Å². The summed E-state index contributed by atoms with van der Waals surface area (Å²) in [5.74, 6) is -1.41. The number of halogens is 1. The van der Waals surface area contributed by atoms with Gasteiger partial charge in [-0.1, -0.05) is 12.1 Å². The average molecular weight is 763 g/mol. The minimum atomic E-state index is -0.770. The third-order valence-corrected chi connectivity index (χ3v) is 9.99. The highest BCUT2D eigenvalue weighted by Gasteiger charge is 2.39. The van der Waals surface area contributed by atoms with E-state index in [1.54, 1.807) is 32.8 Å². The molecule has 0 spiro atoms. The van der Waals surface area contributed by atoms with Crippen LogP contribution < -0.4 is 16.5 Å². The predicted molar refractivity (Wildman–Crippen MR) is 202 cm³/mol. The molecule has 17 heteroatoms. The number of ether oxygens (including phenoxy) is 2. The Labute approximate surface area is 320 Å². The van der Waals surface area contributed by atoms with Crippen LogP contribution in [0.4, 0.5) is 20.8 Å². The van der Waals surface area contributed by atoms with Crippen LogP contribution in [0.25, 0.3) is 33.5 Å². The molecule has 3 amide bonds. The largest absolute Gasteiger partial charge is 0.444 e. The molecule has 7 heterocycles. The van der Waals surface area contributed by atoms with Gasteiger partial charge in [0.2, 0.25) is 5.43 Å². The number of pyridine rings is 2. The molecule has 0 radical (unpaired) electrons. The number of anilines is 2. The highest BCUT2D eigenvalue weighted by atomic mass is 19.1. The Morgan fingerprint density at radius 2 is 1.73 bits per heavy atom. The maximum Gasteiger partial charge on any atom is 0.410 e. The quantitative estimate of drug-likeness (QED) is 0.246. The van der Waals surface area contributed by atoms with Crippen molar-refractivity contribution in [3.05, 3.63) is 94.5 Å². The molecule has 288 valence electrons. The van der Waals surface area contributed by atoms with Gasteiger partial charge < -0.3 is 34.9 Å². The Morgan fingerprint density at radius 1 is 0.964 bits per heavy atom. The zero-order valence-electron chi connectivity index (χ0n) is 30.9. The van der Waals surface area contributed by atoms with Crippen molar-refractivity contribution in [2.75, 3.05) is 37.3 Å². The monoisotopic (exact) mass is 762 g/mol. The van der Waals surface area contributed by atoms with E-state index >= 15 is 0 Å². The van der Waals surface area contributed by atoms with Crippen molar-refractivity contribution in [2.45, 2.75) is 58.0 Å². The molecule has 8 rings (SSSR count). The lowest BCUT2D eigenvalue weighted by molar-refractivity contribution is 0.00902. The summed E-state index contributed by atoms with van der Waals surface area (Å²) in [6.45, 7) is 7.60. The summed E-state index contributed by atoms with van der Waals surface area (Å²) in [7, 11) is 0. The van der Waals surface area contributed by atoms with Crippen LogP contribution in [-0.4, -0.2) is 95.3 Å². The first-order chi connectivity index (χ1) is 26.8. The van der Waals surface area contributed by atoms with Crippen LogP contribution in [0.5, 0.6) is 0 Å². The van der Waals surface area contributed by atoms with Crippen LogP contribution in [-0.2, 0) is 16.0 Å². The van der Waals surface area contributed by atoms with Crippen LogP contribution in [0, 0.1) is 5.82 Å². The Kier molecular flexibility index (Phi) is 9.32. The van der Waals surface area contributed by atoms with Gasteiger partial charge in [0.25, 0.3) is 11.8 Å². The van der Waals surface area contributed by atoms with Crippen LogP contribution >= 0.6 is 0 Å². The van der Waals surface area contributed by atoms with E-state index in [1.165, 1.54) is 36.5 Å². The highest BCUT2D eigenvalue weighted by Crippen LogP contribution is 2.32. The number of hydrogen-bond donors (Lipinski definition) is 2. The number of benzene rings is 1. The second kappa shape index (κ2) is 14.3. The molecule has 1 unspecified atom stereocenters. The fourth-order valence-electron chi connectivity index (χ4n) is 7.18. The lowest BCUT2D eigenvalue weighted by Gasteiger charge is -2.33. The fourth-order valence-corrected chi connectivity index (χ4v) is 7.18. The lowest BCUT2D eigenvalue weighted by atomic mass is 9.98. The Morgan fingerprint density at radius 3 is 2.45 bits per heavy atom. The van der Waals surface area contributed by atoms with Crippen LogP contribution in [0.1, 0.15) is 60.5 Å². The smallest absolute Gasteiger partial charge is 0.410 e. The van der Waals surface area contributed by atoms with Gasteiger partial charge in [0.05, 0.1) is 36.6 Å². The molecule has 2 fully saturated rings. The maximum absolute atomic E-state index is 13.9. The average Bonchev–Trinajstić information content (AvgIpc) is 3.87. The number of carbonyl (C=O) groups is 3. The lowest BCUT2D eigenvalue weighted by Crippen LogP contribution is -2.47. The van der Waals surface area contributed by atoms with Gasteiger partial charge in [0.15, 0.2) is 12.0 Å². The van der Waals surface area contributed by atoms with Gasteiger partial charge in [-0.2, -0.15) is 5.10 Å². The van der Waals surface area contributed by atoms with Gasteiger partial charge in [0.1, 0.15) is 28.5 Å². The molecule has 56 heavy (non-hydrogen) atoms. The first-order valence-electron chi connectivity index (χ1n) is 18.2. The van der Waals surface area contributed by atoms with E-state index in [1.807, 2.05) is 37.7 Å². The van der Waals surface area contributed by atoms with Crippen LogP contribution in [0.15, 0.2) is 72.0 Å². The number of amides is 3. The summed E-state index contributed by atoms with van der Waals surface area (Å²) < 4.78 is 28.5. The number of hydrogen-bond acceptors (Lipinski definition) is 11. The summed E-state index contributed by atoms with van der Waals surface area (Å²) in [4.78, 5) is 61.3. The zero-order chi connectivity index (χ0) is 39.3. The molecule has 0 aliphatic carbocycles. The summed E-state index contributed by atoms with van der Waals surface area (Å²) in [5, 5.41) is 15.7. The second-order valence-corrected chi connectivity index (χ2v) is 14.9. The Bertz CT molecular complexity index is 2400. The number of fused-ring (bicyclic) bond motifs is 2. The first-order valence-corrected chi connectivity index (χ1v) is 18.2. The maximum atomic E-state index is 13.9. The SMILES string of the molecule is CC(C)(C)OC(=O)N1CCC(n2cc(-c3cnc(N)c(-c4ccc(NC(=O)c5cn6c(c(-c7ccc(F)cc7)c5=O)C(=O)N5CCOC5C6)nn4)c3)cn2)CC1. The van der Waals surface area contributed by atoms with Crippen molar-refractivity contribution < 1.29 is 28.2 Å². The van der Waals surface area contributed by atoms with Gasteiger partial charge in [-0.25, -0.2) is 14.2 Å². The van der Waals surface area contributed by atoms with E-state index < -0.39 is 34.9 Å². The van der Waals surface area contributed by atoms with E-state index in [0.717, 1.165) is 24.0 Å². The van der Waals surface area contributed by atoms with Crippen molar-refractivity contribution in [1.82, 2.24) is 39.3 Å². The number of aromatic nitrogens is 6. The summed E-state index contributed by atoms with van der Waals surface area (Å²) >= 11 is 0. The molecule has 2 saturated heterocycles. The Balaban J connectivity index is 0.994. The number of piperidine rings is 1. The zero-order valence-corrected chi connectivity index (χ0v) is 30.9. The molecule has 0 bridgehead atoms. The van der Waals surface area contributed by atoms with Gasteiger partial charge >= 0.3 is 6.09 Å². The molecule has 3 aliphatic heterocycles. The molecular formula is C39H39FN10O6. The van der Waals surface area contributed by atoms with Crippen molar-refractivity contribution in [3.63, 3.8) is 0 Å². The normalized spacial score (nSPS) is 17.1. The highest BCUT2D eigenvalue weighted by molar-refractivity contribution is 6.06. The number of nitrogens with two attached hydrogens (primary N) is 1. The third kappa shape index (κ3) is 7.08. The van der Waals surface area contributed by atoms with Crippen LogP contribution in [0.3, 0.4) is 0 Å². The molecule has 16 nitrogen and oxygen atoms in total. The van der Waals surface area contributed by atoms with Crippen molar-refractivity contribution in [3.8, 4) is 33.5 Å². The van der Waals surface area contributed by atoms with E-state index in [2.05, 4.69) is 25.6 Å². The van der Waals surface area contributed by atoms with Gasteiger partial charge in [-0.15, -0.1) is 10.2 Å². The number of nitrogens with one attached hydrogen (secondary N) is 1. The summed E-state index contributed by atoms with van der Waals surface area (Å²) in [6, 6.07) is 10.3. The van der Waals surface area contributed by atoms with Crippen molar-refractivity contribution in [2.24, 2.45) is 0 Å². The van der Waals surface area contributed by atoms with Gasteiger partial charge in [0, 0.05) is 54.9 Å². The summed E-state index contributed by atoms with van der Waals surface area (Å²) in [6.07, 6.45) is 7.28. The van der Waals surface area contributed by atoms with E-state index in [9.17, 15) is 23.6 Å². The van der Waals surface area contributed by atoms with E-state index in [-0.39, 0.29) is 47.1 Å². The molecule has 1 atom stereocenters. The van der Waals surface area contributed by atoms with E-state index in [4.69, 9.17) is 15.2 Å². The first kappa shape index (κ1) is 36.5. The minimum Gasteiger partial charge on any atom is -0.444 e. The topological polar surface area (TPSA) is 193 Å². The van der Waals surface area contributed by atoms with Crippen LogP contribution in [0.2, 0.25) is 0 Å². The number of rotatable bonds is 6. The predicted octanol–water partition coefficient (Wildman–Crippen LogP) is 4.59. The molecule has 3 N–H and O–H groups in total. The Hall–Kier alpha value is -6.49.